The topological polar surface area (TPSA) is 35.6 Å². The standard InChI is InChI=1S/C12H23N3O/c1-2-14-7-9-15(10-8-14)12(16)13-11-5-3-4-6-11/h11H,2-10H2,1H3,(H,13,16). The average molecular weight is 225 g/mol. The molecule has 2 aliphatic rings. The van der Waals surface area contributed by atoms with Crippen molar-refractivity contribution in [1.29, 1.82) is 0 Å². The van der Waals surface area contributed by atoms with Crippen molar-refractivity contribution in [3.8, 4) is 0 Å². The van der Waals surface area contributed by atoms with Crippen molar-refractivity contribution in [1.82, 2.24) is 15.1 Å². The van der Waals surface area contributed by atoms with E-state index in [1.54, 1.807) is 0 Å². The van der Waals surface area contributed by atoms with Crippen LogP contribution in [0.1, 0.15) is 32.6 Å². The van der Waals surface area contributed by atoms with Crippen LogP contribution in [0.3, 0.4) is 0 Å². The van der Waals surface area contributed by atoms with Crippen LogP contribution in [0.4, 0.5) is 4.79 Å². The fourth-order valence-corrected chi connectivity index (χ4v) is 2.60. The summed E-state index contributed by atoms with van der Waals surface area (Å²) in [7, 11) is 0. The molecule has 4 nitrogen and oxygen atoms in total. The van der Waals surface area contributed by atoms with Crippen LogP contribution in [0.2, 0.25) is 0 Å². The maximum Gasteiger partial charge on any atom is 0.317 e. The highest BCUT2D eigenvalue weighted by molar-refractivity contribution is 5.74. The molecule has 1 N–H and O–H groups in total. The molecule has 1 saturated carbocycles. The van der Waals surface area contributed by atoms with Gasteiger partial charge < -0.3 is 15.1 Å². The number of carbonyl (C=O) groups is 1. The normalized spacial score (nSPS) is 23.7. The molecule has 0 bridgehead atoms. The summed E-state index contributed by atoms with van der Waals surface area (Å²) in [4.78, 5) is 16.3. The number of piperazine rings is 1. The summed E-state index contributed by atoms with van der Waals surface area (Å²) >= 11 is 0. The first-order valence-corrected chi connectivity index (χ1v) is 6.57. The molecular weight excluding hydrogens is 202 g/mol. The minimum Gasteiger partial charge on any atom is -0.335 e. The van der Waals surface area contributed by atoms with Gasteiger partial charge in [0.05, 0.1) is 0 Å². The van der Waals surface area contributed by atoms with Gasteiger partial charge in [0.1, 0.15) is 0 Å². The average Bonchev–Trinajstić information content (AvgIpc) is 2.82. The number of carbonyl (C=O) groups excluding carboxylic acids is 1. The molecule has 0 aromatic heterocycles. The zero-order valence-electron chi connectivity index (χ0n) is 10.2. The lowest BCUT2D eigenvalue weighted by molar-refractivity contribution is 0.141. The third-order valence-electron chi connectivity index (χ3n) is 3.79. The lowest BCUT2D eigenvalue weighted by Crippen LogP contribution is -2.53. The van der Waals surface area contributed by atoms with E-state index in [1.807, 2.05) is 4.90 Å². The SMILES string of the molecule is CCN1CCN(C(=O)NC2CCCC2)CC1. The maximum absolute atomic E-state index is 11.9. The predicted octanol–water partition coefficient (Wildman–Crippen LogP) is 1.28. The Morgan fingerprint density at radius 1 is 1.19 bits per heavy atom. The first-order chi connectivity index (χ1) is 7.79. The molecule has 0 aromatic carbocycles. The Hall–Kier alpha value is -0.770. The molecule has 2 fully saturated rings. The van der Waals surface area contributed by atoms with Gasteiger partial charge in [-0.25, -0.2) is 4.79 Å². The van der Waals surface area contributed by atoms with Crippen molar-refractivity contribution < 1.29 is 4.79 Å². The first-order valence-electron chi connectivity index (χ1n) is 6.57. The highest BCUT2D eigenvalue weighted by atomic mass is 16.2. The summed E-state index contributed by atoms with van der Waals surface area (Å²) in [6.07, 6.45) is 4.88. The number of urea groups is 1. The highest BCUT2D eigenvalue weighted by Gasteiger charge is 2.23. The van der Waals surface area contributed by atoms with E-state index in [0.717, 1.165) is 32.7 Å². The van der Waals surface area contributed by atoms with E-state index in [0.29, 0.717) is 6.04 Å². The van der Waals surface area contributed by atoms with Gasteiger partial charge in [0.25, 0.3) is 0 Å². The number of nitrogens with one attached hydrogen (secondary N) is 1. The number of amides is 2. The zero-order valence-corrected chi connectivity index (χ0v) is 10.2. The van der Waals surface area contributed by atoms with Crippen LogP contribution in [0.5, 0.6) is 0 Å². The quantitative estimate of drug-likeness (QED) is 0.768. The van der Waals surface area contributed by atoms with Crippen molar-refractivity contribution in [2.24, 2.45) is 0 Å². The minimum atomic E-state index is 0.155. The summed E-state index contributed by atoms with van der Waals surface area (Å²) in [5.41, 5.74) is 0. The summed E-state index contributed by atoms with van der Waals surface area (Å²) in [5.74, 6) is 0. The Morgan fingerprint density at radius 2 is 1.81 bits per heavy atom. The van der Waals surface area contributed by atoms with Gasteiger partial charge >= 0.3 is 6.03 Å². The van der Waals surface area contributed by atoms with Crippen molar-refractivity contribution >= 4 is 6.03 Å². The Kier molecular flexibility index (Phi) is 4.04. The lowest BCUT2D eigenvalue weighted by atomic mass is 10.2. The monoisotopic (exact) mass is 225 g/mol. The smallest absolute Gasteiger partial charge is 0.317 e. The Labute approximate surface area is 98.0 Å². The van der Waals surface area contributed by atoms with Gasteiger partial charge in [-0.05, 0) is 19.4 Å². The molecule has 1 saturated heterocycles. The predicted molar refractivity (Wildman–Crippen MR) is 64.5 cm³/mol. The van der Waals surface area contributed by atoms with Crippen LogP contribution < -0.4 is 5.32 Å². The van der Waals surface area contributed by atoms with Crippen molar-refractivity contribution in [2.75, 3.05) is 32.7 Å². The second-order valence-electron chi connectivity index (χ2n) is 4.85. The maximum atomic E-state index is 11.9. The number of likely N-dealkylation sites (N-methyl/N-ethyl adjacent to an activating group) is 1. The molecule has 16 heavy (non-hydrogen) atoms. The molecule has 0 unspecified atom stereocenters. The summed E-state index contributed by atoms with van der Waals surface area (Å²) < 4.78 is 0. The fourth-order valence-electron chi connectivity index (χ4n) is 2.60. The molecule has 0 radical (unpaired) electrons. The van der Waals surface area contributed by atoms with Crippen LogP contribution in [-0.4, -0.2) is 54.6 Å². The van der Waals surface area contributed by atoms with E-state index < -0.39 is 0 Å². The van der Waals surface area contributed by atoms with Crippen LogP contribution in [-0.2, 0) is 0 Å². The second kappa shape index (κ2) is 5.53. The molecule has 1 aliphatic carbocycles. The van der Waals surface area contributed by atoms with E-state index >= 15 is 0 Å². The van der Waals surface area contributed by atoms with E-state index in [1.165, 1.54) is 25.7 Å². The number of rotatable bonds is 2. The van der Waals surface area contributed by atoms with Gasteiger partial charge in [-0.1, -0.05) is 19.8 Å². The molecule has 2 rings (SSSR count). The van der Waals surface area contributed by atoms with E-state index in [9.17, 15) is 4.79 Å². The van der Waals surface area contributed by atoms with Gasteiger partial charge in [-0.15, -0.1) is 0 Å². The van der Waals surface area contributed by atoms with E-state index in [2.05, 4.69) is 17.1 Å². The summed E-state index contributed by atoms with van der Waals surface area (Å²) in [6, 6.07) is 0.597. The number of nitrogens with zero attached hydrogens (tertiary/aromatic N) is 2. The molecule has 92 valence electrons. The molecule has 1 aliphatic heterocycles. The third-order valence-corrected chi connectivity index (χ3v) is 3.79. The Bertz CT molecular complexity index is 230. The van der Waals surface area contributed by atoms with Crippen LogP contribution in [0.25, 0.3) is 0 Å². The molecule has 1 heterocycles. The highest BCUT2D eigenvalue weighted by Crippen LogP contribution is 2.18. The number of hydrogen-bond acceptors (Lipinski definition) is 2. The Balaban J connectivity index is 1.73. The fraction of sp³-hybridized carbons (Fsp3) is 0.917. The lowest BCUT2D eigenvalue weighted by Gasteiger charge is -2.34. The van der Waals surface area contributed by atoms with Gasteiger partial charge in [0, 0.05) is 32.2 Å². The number of hydrogen-bond donors (Lipinski definition) is 1. The zero-order chi connectivity index (χ0) is 11.4. The molecule has 4 heteroatoms. The van der Waals surface area contributed by atoms with Gasteiger partial charge in [-0.2, -0.15) is 0 Å². The second-order valence-corrected chi connectivity index (χ2v) is 4.85. The molecule has 0 aromatic rings. The molecule has 0 spiro atoms. The minimum absolute atomic E-state index is 0.155. The largest absolute Gasteiger partial charge is 0.335 e. The van der Waals surface area contributed by atoms with Crippen molar-refractivity contribution in [3.63, 3.8) is 0 Å². The molecular formula is C12H23N3O. The first kappa shape index (κ1) is 11.7. The van der Waals surface area contributed by atoms with E-state index in [4.69, 9.17) is 0 Å². The summed E-state index contributed by atoms with van der Waals surface area (Å²) in [5, 5.41) is 3.15. The molecule has 0 atom stereocenters. The summed E-state index contributed by atoms with van der Waals surface area (Å²) in [6.45, 7) is 7.08. The Morgan fingerprint density at radius 3 is 2.38 bits per heavy atom. The van der Waals surface area contributed by atoms with Crippen LogP contribution in [0.15, 0.2) is 0 Å². The van der Waals surface area contributed by atoms with Crippen LogP contribution in [0, 0.1) is 0 Å². The van der Waals surface area contributed by atoms with Gasteiger partial charge in [0.2, 0.25) is 0 Å². The van der Waals surface area contributed by atoms with Crippen molar-refractivity contribution in [2.45, 2.75) is 38.6 Å². The molecule has 2 amide bonds. The van der Waals surface area contributed by atoms with Crippen molar-refractivity contribution in [3.05, 3.63) is 0 Å². The van der Waals surface area contributed by atoms with Gasteiger partial charge in [0.15, 0.2) is 0 Å². The third kappa shape index (κ3) is 2.88. The van der Waals surface area contributed by atoms with E-state index in [-0.39, 0.29) is 6.03 Å². The van der Waals surface area contributed by atoms with Gasteiger partial charge in [-0.3, -0.25) is 0 Å². The van der Waals surface area contributed by atoms with Crippen LogP contribution >= 0.6 is 0 Å².